The topological polar surface area (TPSA) is 96.2 Å². The van der Waals surface area contributed by atoms with Gasteiger partial charge in [-0.1, -0.05) is 67.5 Å². The Hall–Kier alpha value is -2.99. The van der Waals surface area contributed by atoms with E-state index in [0.717, 1.165) is 30.4 Å². The zero-order chi connectivity index (χ0) is 29.1. The van der Waals surface area contributed by atoms with Crippen molar-refractivity contribution in [2.75, 3.05) is 13.7 Å². The minimum absolute atomic E-state index is 0.0338. The lowest BCUT2D eigenvalue weighted by Gasteiger charge is -2.06. The number of ketones is 1. The molecule has 0 spiro atoms. The van der Waals surface area contributed by atoms with E-state index in [-0.39, 0.29) is 30.5 Å². The van der Waals surface area contributed by atoms with Crippen molar-refractivity contribution in [2.24, 2.45) is 0 Å². The van der Waals surface area contributed by atoms with Crippen molar-refractivity contribution in [2.45, 2.75) is 94.1 Å². The Morgan fingerprint density at radius 1 is 0.838 bits per heavy atom. The van der Waals surface area contributed by atoms with Gasteiger partial charge in [-0.2, -0.15) is 0 Å². The van der Waals surface area contributed by atoms with Crippen LogP contribution in [-0.4, -0.2) is 34.8 Å². The van der Waals surface area contributed by atoms with Crippen LogP contribution in [0.4, 0.5) is 0 Å². The predicted octanol–water partition coefficient (Wildman–Crippen LogP) is 7.76. The molecule has 212 valence electrons. The summed E-state index contributed by atoms with van der Waals surface area (Å²) in [5.74, 6) is 0.665. The molecule has 2 aromatic rings. The third-order valence-corrected chi connectivity index (χ3v) is 4.52. The van der Waals surface area contributed by atoms with Crippen molar-refractivity contribution < 1.29 is 29.6 Å². The normalized spacial score (nSPS) is 9.24. The number of rotatable bonds is 12. The number of ether oxygens (including phenoxy) is 2. The lowest BCUT2D eigenvalue weighted by Crippen LogP contribution is -2.06. The van der Waals surface area contributed by atoms with Gasteiger partial charge in [0.2, 0.25) is 0 Å². The first-order chi connectivity index (χ1) is 18.0. The third-order valence-electron chi connectivity index (χ3n) is 4.52. The maximum Gasteiger partial charge on any atom is 0.170 e. The van der Waals surface area contributed by atoms with Gasteiger partial charge in [-0.3, -0.25) is 4.79 Å². The summed E-state index contributed by atoms with van der Waals surface area (Å²) in [4.78, 5) is 11.9. The van der Waals surface area contributed by atoms with E-state index in [4.69, 9.17) is 14.6 Å². The molecule has 0 fully saturated rings. The molecule has 0 heterocycles. The van der Waals surface area contributed by atoms with Crippen LogP contribution in [0.2, 0.25) is 0 Å². The van der Waals surface area contributed by atoms with Crippen molar-refractivity contribution in [1.82, 2.24) is 0 Å². The van der Waals surface area contributed by atoms with E-state index in [2.05, 4.69) is 0 Å². The number of benzene rings is 2. The van der Waals surface area contributed by atoms with E-state index in [1.165, 1.54) is 13.4 Å². The number of phenolic OH excluding ortho intramolecular Hbond substituents is 1. The Morgan fingerprint density at radius 3 is 1.97 bits per heavy atom. The summed E-state index contributed by atoms with van der Waals surface area (Å²) in [5.41, 5.74) is 2.53. The summed E-state index contributed by atoms with van der Waals surface area (Å²) in [5, 5.41) is 28.3. The number of aryl methyl sites for hydroxylation is 2. The van der Waals surface area contributed by atoms with Crippen LogP contribution in [0, 0.1) is 0 Å². The van der Waals surface area contributed by atoms with Gasteiger partial charge in [0, 0.05) is 12.0 Å². The Bertz CT molecular complexity index is 830. The van der Waals surface area contributed by atoms with Gasteiger partial charge in [-0.05, 0) is 67.2 Å². The van der Waals surface area contributed by atoms with E-state index in [1.807, 2.05) is 73.6 Å². The average molecular weight is 521 g/mol. The molecule has 6 heteroatoms. The van der Waals surface area contributed by atoms with Crippen molar-refractivity contribution in [3.63, 3.8) is 0 Å². The summed E-state index contributed by atoms with van der Waals surface area (Å²) < 4.78 is 10.4. The number of Topliss-reactive ketones (excluding diaryl/α,β-unsaturated/α-hetero) is 1. The second kappa shape index (κ2) is 27.6. The molecule has 0 saturated heterocycles. The molecule has 0 unspecified atom stereocenters. The van der Waals surface area contributed by atoms with E-state index >= 15 is 0 Å². The second-order valence-electron chi connectivity index (χ2n) is 6.74. The molecule has 0 aliphatic carbocycles. The van der Waals surface area contributed by atoms with E-state index in [0.29, 0.717) is 24.2 Å². The standard InChI is InChI=1S/C23H28O6.4C2H6/c1-28-23-14-18(9-11-22(23)27)6-4-7-20(25)16-29-12-3-2-5-17-8-10-21(26)19(13-17)15-24;4*1-2/h3,8-14,24,26-27H,2,4-7,15-16H2,1H3;4*1-2H3/b12-3-;;;;. The van der Waals surface area contributed by atoms with E-state index in [1.54, 1.807) is 24.3 Å². The summed E-state index contributed by atoms with van der Waals surface area (Å²) >= 11 is 0. The molecule has 0 radical (unpaired) electrons. The van der Waals surface area contributed by atoms with Gasteiger partial charge >= 0.3 is 0 Å². The van der Waals surface area contributed by atoms with Crippen molar-refractivity contribution >= 4 is 5.78 Å². The van der Waals surface area contributed by atoms with Crippen molar-refractivity contribution in [3.8, 4) is 17.2 Å². The van der Waals surface area contributed by atoms with Gasteiger partial charge in [0.1, 0.15) is 12.4 Å². The number of aliphatic hydroxyl groups is 1. The van der Waals surface area contributed by atoms with Gasteiger partial charge in [0.15, 0.2) is 17.3 Å². The number of methoxy groups -OCH3 is 1. The Morgan fingerprint density at radius 2 is 1.41 bits per heavy atom. The van der Waals surface area contributed by atoms with Crippen LogP contribution in [0.5, 0.6) is 17.2 Å². The summed E-state index contributed by atoms with van der Waals surface area (Å²) in [6.45, 7) is 15.9. The molecule has 37 heavy (non-hydrogen) atoms. The quantitative estimate of drug-likeness (QED) is 0.248. The molecule has 0 aliphatic rings. The first kappa shape index (κ1) is 38.5. The zero-order valence-corrected chi connectivity index (χ0v) is 24.6. The minimum Gasteiger partial charge on any atom is -0.508 e. The van der Waals surface area contributed by atoms with Gasteiger partial charge in [0.05, 0.1) is 20.0 Å². The number of phenols is 2. The maximum absolute atomic E-state index is 11.9. The van der Waals surface area contributed by atoms with Crippen molar-refractivity contribution in [1.29, 1.82) is 0 Å². The van der Waals surface area contributed by atoms with E-state index < -0.39 is 0 Å². The SMILES string of the molecule is CC.CC.CC.CC.COc1cc(CCCC(=O)CO/C=C\CCc2ccc(O)c(CO)c2)ccc1O. The largest absolute Gasteiger partial charge is 0.508 e. The molecule has 2 rings (SSSR count). The summed E-state index contributed by atoms with van der Waals surface area (Å²) in [6, 6.07) is 10.4. The number of carbonyl (C=O) groups is 1. The molecule has 3 N–H and O–H groups in total. The molecular formula is C31H52O6. The fourth-order valence-corrected chi connectivity index (χ4v) is 2.89. The van der Waals surface area contributed by atoms with Crippen molar-refractivity contribution in [3.05, 3.63) is 65.4 Å². The number of hydrogen-bond donors (Lipinski definition) is 3. The Labute approximate surface area is 226 Å². The highest BCUT2D eigenvalue weighted by Crippen LogP contribution is 2.26. The third kappa shape index (κ3) is 18.0. The number of aromatic hydroxyl groups is 2. The lowest BCUT2D eigenvalue weighted by atomic mass is 10.1. The van der Waals surface area contributed by atoms with Crippen LogP contribution in [0.15, 0.2) is 48.7 Å². The number of aliphatic hydroxyl groups excluding tert-OH is 1. The molecule has 0 bridgehead atoms. The number of carbonyl (C=O) groups excluding carboxylic acids is 1. The van der Waals surface area contributed by atoms with Crippen LogP contribution in [-0.2, 0) is 29.0 Å². The molecule has 0 aliphatic heterocycles. The molecule has 0 aromatic heterocycles. The van der Waals surface area contributed by atoms with Gasteiger partial charge < -0.3 is 24.8 Å². The van der Waals surface area contributed by atoms with E-state index in [9.17, 15) is 15.0 Å². The second-order valence-corrected chi connectivity index (χ2v) is 6.74. The van der Waals surface area contributed by atoms with Crippen LogP contribution < -0.4 is 4.74 Å². The molecule has 0 amide bonds. The average Bonchev–Trinajstić information content (AvgIpc) is 2.96. The highest BCUT2D eigenvalue weighted by molar-refractivity contribution is 5.79. The first-order valence-corrected chi connectivity index (χ1v) is 13.6. The molecule has 0 atom stereocenters. The Balaban J connectivity index is -0.00000131. The first-order valence-electron chi connectivity index (χ1n) is 13.6. The molecular weight excluding hydrogens is 468 g/mol. The molecule has 0 saturated carbocycles. The predicted molar refractivity (Wildman–Crippen MR) is 155 cm³/mol. The maximum atomic E-state index is 11.9. The highest BCUT2D eigenvalue weighted by atomic mass is 16.5. The van der Waals surface area contributed by atoms with Crippen LogP contribution >= 0.6 is 0 Å². The molecule has 2 aromatic carbocycles. The fourth-order valence-electron chi connectivity index (χ4n) is 2.89. The van der Waals surface area contributed by atoms with Gasteiger partial charge in [-0.15, -0.1) is 0 Å². The summed E-state index contributed by atoms with van der Waals surface area (Å²) in [6.07, 6.45) is 6.71. The minimum atomic E-state index is -0.193. The number of hydrogen-bond acceptors (Lipinski definition) is 6. The summed E-state index contributed by atoms with van der Waals surface area (Å²) in [7, 11) is 1.50. The van der Waals surface area contributed by atoms with Gasteiger partial charge in [0.25, 0.3) is 0 Å². The van der Waals surface area contributed by atoms with Crippen LogP contribution in [0.25, 0.3) is 0 Å². The van der Waals surface area contributed by atoms with Crippen LogP contribution in [0.1, 0.15) is 91.3 Å². The van der Waals surface area contributed by atoms with Crippen LogP contribution in [0.3, 0.4) is 0 Å². The molecule has 6 nitrogen and oxygen atoms in total. The lowest BCUT2D eigenvalue weighted by molar-refractivity contribution is -0.122. The fraction of sp³-hybridized carbons (Fsp3) is 0.516. The number of allylic oxidation sites excluding steroid dienone is 1. The highest BCUT2D eigenvalue weighted by Gasteiger charge is 2.05. The van der Waals surface area contributed by atoms with Gasteiger partial charge in [-0.25, -0.2) is 0 Å². The monoisotopic (exact) mass is 520 g/mol. The Kier molecular flexibility index (Phi) is 28.7. The zero-order valence-electron chi connectivity index (χ0n) is 24.6. The smallest absolute Gasteiger partial charge is 0.170 e.